The van der Waals surface area contributed by atoms with Crippen LogP contribution < -0.4 is 10.6 Å². The number of rotatable bonds is 5. The molecule has 23 heavy (non-hydrogen) atoms. The van der Waals surface area contributed by atoms with Gasteiger partial charge in [0.15, 0.2) is 5.96 Å². The lowest BCUT2D eigenvalue weighted by atomic mass is 10.0. The summed E-state index contributed by atoms with van der Waals surface area (Å²) in [5.74, 6) is 3.21. The molecule has 3 atom stereocenters. The standard InChI is InChI=1S/C18H27N3O.HI/c1-18(2,22-4)11-21-17(19-3)20-10-15-14-9-12-7-5-6-8-13(12)16(14)15;/h5-8,14-16H,9-11H2,1-4H3,(H2,19,20,21);1H. The zero-order chi connectivity index (χ0) is 15.7. The van der Waals surface area contributed by atoms with E-state index in [9.17, 15) is 0 Å². The maximum atomic E-state index is 5.42. The minimum absolute atomic E-state index is 0. The van der Waals surface area contributed by atoms with E-state index in [1.54, 1.807) is 18.2 Å². The summed E-state index contributed by atoms with van der Waals surface area (Å²) in [6.07, 6.45) is 1.25. The molecule has 1 fully saturated rings. The fourth-order valence-electron chi connectivity index (χ4n) is 3.57. The molecule has 3 unspecified atom stereocenters. The SMILES string of the molecule is CN=C(NCC1C2Cc3ccccc3C12)NCC(C)(C)OC.I. The van der Waals surface area contributed by atoms with Crippen molar-refractivity contribution in [2.75, 3.05) is 27.2 Å². The number of nitrogens with zero attached hydrogens (tertiary/aromatic N) is 1. The molecule has 0 aromatic heterocycles. The Hall–Kier alpha value is -0.820. The van der Waals surface area contributed by atoms with Gasteiger partial charge in [-0.2, -0.15) is 0 Å². The van der Waals surface area contributed by atoms with Crippen molar-refractivity contribution in [3.63, 3.8) is 0 Å². The summed E-state index contributed by atoms with van der Waals surface area (Å²) in [6, 6.07) is 8.89. The molecule has 2 aliphatic carbocycles. The Morgan fingerprint density at radius 2 is 2.04 bits per heavy atom. The van der Waals surface area contributed by atoms with Gasteiger partial charge in [-0.15, -0.1) is 24.0 Å². The van der Waals surface area contributed by atoms with Crippen LogP contribution in [0, 0.1) is 11.8 Å². The highest BCUT2D eigenvalue weighted by atomic mass is 127. The highest BCUT2D eigenvalue weighted by Crippen LogP contribution is 2.60. The van der Waals surface area contributed by atoms with Crippen LogP contribution in [0.3, 0.4) is 0 Å². The molecule has 3 rings (SSSR count). The summed E-state index contributed by atoms with van der Waals surface area (Å²) >= 11 is 0. The molecule has 0 aliphatic heterocycles. The summed E-state index contributed by atoms with van der Waals surface area (Å²) in [5, 5.41) is 6.81. The van der Waals surface area contributed by atoms with E-state index in [2.05, 4.69) is 53.7 Å². The number of aliphatic imine (C=N–C) groups is 1. The lowest BCUT2D eigenvalue weighted by Gasteiger charge is -2.24. The second-order valence-electron chi connectivity index (χ2n) is 7.03. The van der Waals surface area contributed by atoms with E-state index >= 15 is 0 Å². The number of fused-ring (bicyclic) bond motifs is 3. The Kier molecular flexibility index (Phi) is 5.94. The number of guanidine groups is 1. The molecule has 0 heterocycles. The van der Waals surface area contributed by atoms with Gasteiger partial charge >= 0.3 is 0 Å². The van der Waals surface area contributed by atoms with Gasteiger partial charge in [0.2, 0.25) is 0 Å². The van der Waals surface area contributed by atoms with Gasteiger partial charge in [-0.1, -0.05) is 24.3 Å². The van der Waals surface area contributed by atoms with E-state index in [-0.39, 0.29) is 29.6 Å². The Labute approximate surface area is 156 Å². The Morgan fingerprint density at radius 1 is 1.30 bits per heavy atom. The minimum Gasteiger partial charge on any atom is -0.377 e. The average molecular weight is 429 g/mol. The first-order valence-electron chi connectivity index (χ1n) is 8.13. The molecular formula is C18H28IN3O. The van der Waals surface area contributed by atoms with E-state index < -0.39 is 0 Å². The molecule has 0 radical (unpaired) electrons. The number of hydrogen-bond donors (Lipinski definition) is 2. The summed E-state index contributed by atoms with van der Waals surface area (Å²) < 4.78 is 5.42. The van der Waals surface area contributed by atoms with Crippen LogP contribution in [0.25, 0.3) is 0 Å². The topological polar surface area (TPSA) is 45.7 Å². The molecule has 0 spiro atoms. The van der Waals surface area contributed by atoms with Crippen molar-refractivity contribution in [3.05, 3.63) is 35.4 Å². The van der Waals surface area contributed by atoms with Crippen molar-refractivity contribution in [2.24, 2.45) is 16.8 Å². The summed E-state index contributed by atoms with van der Waals surface area (Å²) in [7, 11) is 3.55. The number of benzene rings is 1. The number of nitrogens with one attached hydrogen (secondary N) is 2. The van der Waals surface area contributed by atoms with Crippen LogP contribution in [0.1, 0.15) is 30.9 Å². The van der Waals surface area contributed by atoms with Crippen LogP contribution in [0.4, 0.5) is 0 Å². The third kappa shape index (κ3) is 3.99. The Balaban J connectivity index is 0.00000192. The van der Waals surface area contributed by atoms with Crippen LogP contribution in [0.2, 0.25) is 0 Å². The molecule has 0 saturated heterocycles. The van der Waals surface area contributed by atoms with E-state index in [0.717, 1.165) is 36.8 Å². The predicted octanol–water partition coefficient (Wildman–Crippen LogP) is 2.78. The van der Waals surface area contributed by atoms with Gasteiger partial charge in [-0.25, -0.2) is 0 Å². The van der Waals surface area contributed by atoms with Crippen molar-refractivity contribution < 1.29 is 4.74 Å². The highest BCUT2D eigenvalue weighted by molar-refractivity contribution is 14.0. The van der Waals surface area contributed by atoms with Gasteiger partial charge in [0.25, 0.3) is 0 Å². The maximum absolute atomic E-state index is 5.42. The molecule has 1 saturated carbocycles. The van der Waals surface area contributed by atoms with Gasteiger partial charge in [0, 0.05) is 27.2 Å². The highest BCUT2D eigenvalue weighted by Gasteiger charge is 2.54. The fraction of sp³-hybridized carbons (Fsp3) is 0.611. The molecule has 5 heteroatoms. The number of methoxy groups -OCH3 is 1. The van der Waals surface area contributed by atoms with Crippen LogP contribution >= 0.6 is 24.0 Å². The van der Waals surface area contributed by atoms with E-state index in [1.165, 1.54) is 6.42 Å². The zero-order valence-corrected chi connectivity index (χ0v) is 16.8. The summed E-state index contributed by atoms with van der Waals surface area (Å²) in [6.45, 7) is 5.87. The molecule has 2 N–H and O–H groups in total. The molecule has 2 aliphatic rings. The molecule has 1 aromatic carbocycles. The van der Waals surface area contributed by atoms with Crippen molar-refractivity contribution in [2.45, 2.75) is 31.8 Å². The van der Waals surface area contributed by atoms with Crippen LogP contribution in [0.15, 0.2) is 29.3 Å². The molecule has 128 valence electrons. The summed E-state index contributed by atoms with van der Waals surface area (Å²) in [4.78, 5) is 4.30. The van der Waals surface area contributed by atoms with Gasteiger partial charge in [0.05, 0.1) is 5.60 Å². The largest absolute Gasteiger partial charge is 0.377 e. The Bertz CT molecular complexity index is 573. The first-order chi connectivity index (χ1) is 10.6. The molecule has 1 aromatic rings. The van der Waals surface area contributed by atoms with Crippen molar-refractivity contribution in [3.8, 4) is 0 Å². The first-order valence-corrected chi connectivity index (χ1v) is 8.13. The maximum Gasteiger partial charge on any atom is 0.191 e. The number of ether oxygens (including phenoxy) is 1. The van der Waals surface area contributed by atoms with Gasteiger partial charge in [-0.3, -0.25) is 4.99 Å². The van der Waals surface area contributed by atoms with Gasteiger partial charge < -0.3 is 15.4 Å². The fourth-order valence-corrected chi connectivity index (χ4v) is 3.57. The van der Waals surface area contributed by atoms with E-state index in [0.29, 0.717) is 0 Å². The number of hydrogen-bond acceptors (Lipinski definition) is 2. The minimum atomic E-state index is -0.188. The van der Waals surface area contributed by atoms with Gasteiger partial charge in [-0.05, 0) is 49.1 Å². The first kappa shape index (κ1) is 18.5. The van der Waals surface area contributed by atoms with Gasteiger partial charge in [0.1, 0.15) is 0 Å². The monoisotopic (exact) mass is 429 g/mol. The van der Waals surface area contributed by atoms with Crippen LogP contribution in [0.5, 0.6) is 0 Å². The van der Waals surface area contributed by atoms with E-state index in [4.69, 9.17) is 4.74 Å². The lowest BCUT2D eigenvalue weighted by Crippen LogP contribution is -2.45. The molecule has 0 amide bonds. The average Bonchev–Trinajstić information content (AvgIpc) is 3.06. The third-order valence-electron chi connectivity index (χ3n) is 5.16. The van der Waals surface area contributed by atoms with Crippen molar-refractivity contribution in [1.29, 1.82) is 0 Å². The second-order valence-corrected chi connectivity index (χ2v) is 7.03. The van der Waals surface area contributed by atoms with Crippen LogP contribution in [-0.2, 0) is 11.2 Å². The molecular weight excluding hydrogens is 401 g/mol. The number of halogens is 1. The molecule has 4 nitrogen and oxygen atoms in total. The molecule has 0 bridgehead atoms. The lowest BCUT2D eigenvalue weighted by molar-refractivity contribution is 0.0268. The zero-order valence-electron chi connectivity index (χ0n) is 14.4. The quantitative estimate of drug-likeness (QED) is 0.430. The second kappa shape index (κ2) is 7.38. The summed E-state index contributed by atoms with van der Waals surface area (Å²) in [5.41, 5.74) is 2.94. The van der Waals surface area contributed by atoms with E-state index in [1.807, 2.05) is 7.05 Å². The normalized spacial score (nSPS) is 25.2. The smallest absolute Gasteiger partial charge is 0.191 e. The predicted molar refractivity (Wildman–Crippen MR) is 106 cm³/mol. The third-order valence-corrected chi connectivity index (χ3v) is 5.16. The van der Waals surface area contributed by atoms with Crippen molar-refractivity contribution in [1.82, 2.24) is 10.6 Å². The van der Waals surface area contributed by atoms with Crippen LogP contribution in [-0.4, -0.2) is 38.8 Å². The van der Waals surface area contributed by atoms with Crippen molar-refractivity contribution >= 4 is 29.9 Å². The Morgan fingerprint density at radius 3 is 2.74 bits per heavy atom.